The molecule has 0 fully saturated rings. The molecule has 2 rings (SSSR count). The second kappa shape index (κ2) is 10.1. The van der Waals surface area contributed by atoms with Crippen LogP contribution in [0, 0.1) is 0 Å². The zero-order chi connectivity index (χ0) is 19.8. The predicted molar refractivity (Wildman–Crippen MR) is 116 cm³/mol. The molecule has 0 spiro atoms. The van der Waals surface area contributed by atoms with Gasteiger partial charge in [-0.25, -0.2) is 0 Å². The second-order valence-corrected chi connectivity index (χ2v) is 7.08. The Morgan fingerprint density at radius 2 is 1.81 bits per heavy atom. The number of amides is 1. The number of rotatable bonds is 7. The van der Waals surface area contributed by atoms with Gasteiger partial charge in [-0.3, -0.25) is 10.1 Å². The number of carbonyl (C=O) groups excluding carboxylic acids is 1. The van der Waals surface area contributed by atoms with E-state index in [1.807, 2.05) is 31.2 Å². The van der Waals surface area contributed by atoms with E-state index in [1.165, 1.54) is 5.56 Å². The van der Waals surface area contributed by atoms with Gasteiger partial charge in [0.1, 0.15) is 5.75 Å². The Balaban J connectivity index is 2.04. The van der Waals surface area contributed by atoms with E-state index in [9.17, 15) is 4.79 Å². The fourth-order valence-corrected chi connectivity index (χ4v) is 2.82. The monoisotopic (exact) mass is 384 g/mol. The van der Waals surface area contributed by atoms with E-state index >= 15 is 0 Å². The van der Waals surface area contributed by atoms with Crippen LogP contribution in [0.5, 0.6) is 5.75 Å². The first-order valence-electron chi connectivity index (χ1n) is 9.42. The summed E-state index contributed by atoms with van der Waals surface area (Å²) in [6.45, 7) is 8.38. The number of nitrogens with one attached hydrogen (secondary N) is 2. The molecule has 0 radical (unpaired) electrons. The van der Waals surface area contributed by atoms with Crippen molar-refractivity contribution < 1.29 is 9.53 Å². The lowest BCUT2D eigenvalue weighted by molar-refractivity contribution is 0.0977. The Morgan fingerprint density at radius 1 is 1.07 bits per heavy atom. The number of benzene rings is 2. The van der Waals surface area contributed by atoms with Crippen LogP contribution in [0.15, 0.2) is 48.5 Å². The zero-order valence-corrected chi connectivity index (χ0v) is 17.2. The van der Waals surface area contributed by atoms with Gasteiger partial charge in [-0.2, -0.15) is 0 Å². The van der Waals surface area contributed by atoms with E-state index in [0.717, 1.165) is 18.5 Å². The second-order valence-electron chi connectivity index (χ2n) is 6.67. The van der Waals surface area contributed by atoms with Crippen molar-refractivity contribution in [2.45, 2.75) is 52.6 Å². The molecule has 2 aromatic rings. The molecule has 0 heterocycles. The molecule has 1 amide bonds. The summed E-state index contributed by atoms with van der Waals surface area (Å²) in [7, 11) is 0. The maximum Gasteiger partial charge on any atom is 0.257 e. The van der Waals surface area contributed by atoms with Gasteiger partial charge in [-0.15, -0.1) is 0 Å². The maximum atomic E-state index is 12.5. The van der Waals surface area contributed by atoms with Crippen molar-refractivity contribution in [1.82, 2.24) is 5.32 Å². The first-order chi connectivity index (χ1) is 12.9. The zero-order valence-electron chi connectivity index (χ0n) is 16.4. The Hall–Kier alpha value is -2.40. The van der Waals surface area contributed by atoms with Crippen molar-refractivity contribution in [3.8, 4) is 5.75 Å². The molecule has 0 aromatic heterocycles. The summed E-state index contributed by atoms with van der Waals surface area (Å²) < 4.78 is 5.78. The van der Waals surface area contributed by atoms with Crippen molar-refractivity contribution in [2.24, 2.45) is 0 Å². The Kier molecular flexibility index (Phi) is 7.80. The van der Waals surface area contributed by atoms with E-state index in [2.05, 4.69) is 37.5 Å². The van der Waals surface area contributed by atoms with Crippen molar-refractivity contribution in [3.63, 3.8) is 0 Å². The summed E-state index contributed by atoms with van der Waals surface area (Å²) in [6, 6.07) is 15.2. The molecule has 2 aromatic carbocycles. The summed E-state index contributed by atoms with van der Waals surface area (Å²) in [6.07, 6.45) is 2.03. The van der Waals surface area contributed by atoms with Crippen LogP contribution < -0.4 is 15.4 Å². The van der Waals surface area contributed by atoms with Crippen LogP contribution in [0.2, 0.25) is 0 Å². The number of thiocarbonyl (C=S) groups is 1. The Bertz CT molecular complexity index is 791. The molecule has 0 saturated carbocycles. The number of anilines is 1. The summed E-state index contributed by atoms with van der Waals surface area (Å²) in [5, 5.41) is 6.18. The highest BCUT2D eigenvalue weighted by Crippen LogP contribution is 2.26. The number of hydrogen-bond donors (Lipinski definition) is 2. The van der Waals surface area contributed by atoms with Gasteiger partial charge in [-0.1, -0.05) is 45.0 Å². The van der Waals surface area contributed by atoms with Gasteiger partial charge < -0.3 is 10.1 Å². The first-order valence-corrected chi connectivity index (χ1v) is 9.83. The molecule has 144 valence electrons. The lowest BCUT2D eigenvalue weighted by atomic mass is 9.97. The molecular weight excluding hydrogens is 356 g/mol. The molecular formula is C22H28N2O2S. The highest BCUT2D eigenvalue weighted by atomic mass is 32.1. The van der Waals surface area contributed by atoms with Crippen LogP contribution in [0.25, 0.3) is 0 Å². The molecule has 0 bridgehead atoms. The molecule has 27 heavy (non-hydrogen) atoms. The van der Waals surface area contributed by atoms with Gasteiger partial charge in [0, 0.05) is 11.3 Å². The van der Waals surface area contributed by atoms with Crippen LogP contribution in [-0.4, -0.2) is 17.1 Å². The summed E-state index contributed by atoms with van der Waals surface area (Å²) in [4.78, 5) is 12.5. The van der Waals surface area contributed by atoms with Gasteiger partial charge in [0.2, 0.25) is 0 Å². The molecule has 5 heteroatoms. The van der Waals surface area contributed by atoms with Crippen LogP contribution in [0.3, 0.4) is 0 Å². The van der Waals surface area contributed by atoms with Crippen molar-refractivity contribution in [2.75, 3.05) is 5.32 Å². The third-order valence-corrected chi connectivity index (χ3v) is 4.79. The number of para-hydroxylation sites is 1. The molecule has 0 unspecified atom stereocenters. The van der Waals surface area contributed by atoms with Gasteiger partial charge in [-0.05, 0) is 67.7 Å². The van der Waals surface area contributed by atoms with Gasteiger partial charge in [0.15, 0.2) is 5.11 Å². The van der Waals surface area contributed by atoms with Crippen molar-refractivity contribution in [1.29, 1.82) is 0 Å². The average Bonchev–Trinajstić information content (AvgIpc) is 2.67. The largest absolute Gasteiger partial charge is 0.491 e. The molecule has 4 nitrogen and oxygen atoms in total. The summed E-state index contributed by atoms with van der Waals surface area (Å²) >= 11 is 5.34. The standard InChI is InChI=1S/C22H28N2O2S/c1-5-15(3)19-12-7-8-13-20(19)23-22(27)24-21(25)17-10-9-11-18(14-17)26-16(4)6-2/h7-16H,5-6H2,1-4H3,(H2,23,24,25,27)/t15-,16-/m1/s1. The molecule has 0 aliphatic carbocycles. The smallest absolute Gasteiger partial charge is 0.257 e. The highest BCUT2D eigenvalue weighted by molar-refractivity contribution is 7.80. The third kappa shape index (κ3) is 6.07. The normalized spacial score (nSPS) is 12.7. The van der Waals surface area contributed by atoms with Gasteiger partial charge >= 0.3 is 0 Å². The van der Waals surface area contributed by atoms with Gasteiger partial charge in [0.25, 0.3) is 5.91 Å². The minimum Gasteiger partial charge on any atom is -0.491 e. The Morgan fingerprint density at radius 3 is 2.52 bits per heavy atom. The number of ether oxygens (including phenoxy) is 1. The molecule has 2 N–H and O–H groups in total. The topological polar surface area (TPSA) is 50.4 Å². The molecule has 0 aliphatic heterocycles. The van der Waals surface area contributed by atoms with Gasteiger partial charge in [0.05, 0.1) is 6.10 Å². The fraction of sp³-hybridized carbons (Fsp3) is 0.364. The van der Waals surface area contributed by atoms with Crippen LogP contribution >= 0.6 is 12.2 Å². The maximum absolute atomic E-state index is 12.5. The van der Waals surface area contributed by atoms with E-state index < -0.39 is 0 Å². The minimum atomic E-state index is -0.261. The van der Waals surface area contributed by atoms with Crippen LogP contribution in [0.1, 0.15) is 62.4 Å². The first kappa shape index (κ1) is 20.9. The fourth-order valence-electron chi connectivity index (χ4n) is 2.62. The molecule has 0 saturated heterocycles. The molecule has 2 atom stereocenters. The third-order valence-electron chi connectivity index (χ3n) is 4.59. The lowest BCUT2D eigenvalue weighted by Crippen LogP contribution is -2.34. The SMILES string of the molecule is CC[C@@H](C)Oc1cccc(C(=O)NC(=S)Nc2ccccc2[C@H](C)CC)c1. The average molecular weight is 385 g/mol. The lowest BCUT2D eigenvalue weighted by Gasteiger charge is -2.17. The summed E-state index contributed by atoms with van der Waals surface area (Å²) in [5.41, 5.74) is 2.61. The highest BCUT2D eigenvalue weighted by Gasteiger charge is 2.13. The van der Waals surface area contributed by atoms with E-state index in [0.29, 0.717) is 17.2 Å². The summed E-state index contributed by atoms with van der Waals surface area (Å²) in [5.74, 6) is 0.822. The van der Waals surface area contributed by atoms with Crippen molar-refractivity contribution in [3.05, 3.63) is 59.7 Å². The predicted octanol–water partition coefficient (Wildman–Crippen LogP) is 5.50. The van der Waals surface area contributed by atoms with E-state index in [4.69, 9.17) is 17.0 Å². The Labute approximate surface area is 167 Å². The minimum absolute atomic E-state index is 0.100. The van der Waals surface area contributed by atoms with Crippen LogP contribution in [-0.2, 0) is 0 Å². The van der Waals surface area contributed by atoms with Crippen molar-refractivity contribution >= 4 is 28.9 Å². The number of carbonyl (C=O) groups is 1. The molecule has 0 aliphatic rings. The van der Waals surface area contributed by atoms with Crippen LogP contribution in [0.4, 0.5) is 5.69 Å². The van der Waals surface area contributed by atoms with E-state index in [1.54, 1.807) is 18.2 Å². The van der Waals surface area contributed by atoms with E-state index in [-0.39, 0.29) is 17.1 Å². The quantitative estimate of drug-likeness (QED) is 0.619. The number of hydrogen-bond acceptors (Lipinski definition) is 3.